The summed E-state index contributed by atoms with van der Waals surface area (Å²) in [5.41, 5.74) is 1.59. The standard InChI is InChI=1S/C19H30N2O3/c1-13(2)12-24-17-11-16(19(17,3)4)21-15-7-5-6-14(10-15)18(23)20-8-9-22/h5-7,10,13,16-17,21-22H,8-9,11-12H2,1-4H3,(H,20,23). The first-order chi connectivity index (χ1) is 11.3. The lowest BCUT2D eigenvalue weighted by Crippen LogP contribution is -2.58. The van der Waals surface area contributed by atoms with Crippen LogP contribution in [0.3, 0.4) is 0 Å². The van der Waals surface area contributed by atoms with Crippen molar-refractivity contribution in [1.29, 1.82) is 0 Å². The molecule has 3 N–H and O–H groups in total. The first-order valence-corrected chi connectivity index (χ1v) is 8.72. The molecule has 0 bridgehead atoms. The number of benzene rings is 1. The molecule has 2 unspecified atom stereocenters. The minimum atomic E-state index is -0.168. The van der Waals surface area contributed by atoms with Crippen LogP contribution in [0.25, 0.3) is 0 Å². The van der Waals surface area contributed by atoms with E-state index >= 15 is 0 Å². The molecule has 0 heterocycles. The van der Waals surface area contributed by atoms with Crippen molar-refractivity contribution in [3.05, 3.63) is 29.8 Å². The van der Waals surface area contributed by atoms with Gasteiger partial charge in [0.25, 0.3) is 5.91 Å². The molecule has 1 saturated carbocycles. The van der Waals surface area contributed by atoms with Crippen molar-refractivity contribution < 1.29 is 14.6 Å². The molecule has 0 aromatic heterocycles. The van der Waals surface area contributed by atoms with Crippen LogP contribution in [0.4, 0.5) is 5.69 Å². The maximum absolute atomic E-state index is 12.0. The number of carbonyl (C=O) groups is 1. The molecule has 5 heteroatoms. The van der Waals surface area contributed by atoms with Gasteiger partial charge in [-0.1, -0.05) is 33.8 Å². The number of hydrogen-bond acceptors (Lipinski definition) is 4. The Labute approximate surface area is 144 Å². The fourth-order valence-electron chi connectivity index (χ4n) is 2.94. The summed E-state index contributed by atoms with van der Waals surface area (Å²) in [6.45, 7) is 9.76. The maximum Gasteiger partial charge on any atom is 0.251 e. The lowest BCUT2D eigenvalue weighted by atomic mass is 9.64. The molecule has 1 aliphatic rings. The second-order valence-corrected chi connectivity index (χ2v) is 7.53. The average Bonchev–Trinajstić information content (AvgIpc) is 2.55. The van der Waals surface area contributed by atoms with Gasteiger partial charge in [0.15, 0.2) is 0 Å². The number of aliphatic hydroxyl groups excluding tert-OH is 1. The Hall–Kier alpha value is -1.59. The minimum Gasteiger partial charge on any atom is -0.395 e. The third kappa shape index (κ3) is 4.48. The summed E-state index contributed by atoms with van der Waals surface area (Å²) in [5.74, 6) is 0.376. The van der Waals surface area contributed by atoms with Gasteiger partial charge in [-0.3, -0.25) is 4.79 Å². The average molecular weight is 334 g/mol. The zero-order valence-electron chi connectivity index (χ0n) is 15.1. The molecule has 0 saturated heterocycles. The largest absolute Gasteiger partial charge is 0.395 e. The number of anilines is 1. The van der Waals surface area contributed by atoms with Crippen molar-refractivity contribution in [2.24, 2.45) is 11.3 Å². The fraction of sp³-hybridized carbons (Fsp3) is 0.632. The van der Waals surface area contributed by atoms with E-state index in [-0.39, 0.29) is 30.6 Å². The van der Waals surface area contributed by atoms with E-state index in [4.69, 9.17) is 9.84 Å². The van der Waals surface area contributed by atoms with Crippen LogP contribution in [0, 0.1) is 11.3 Å². The number of aliphatic hydroxyl groups is 1. The van der Waals surface area contributed by atoms with Crippen LogP contribution in [-0.2, 0) is 4.74 Å². The number of nitrogens with one attached hydrogen (secondary N) is 2. The van der Waals surface area contributed by atoms with Gasteiger partial charge in [-0.05, 0) is 30.5 Å². The van der Waals surface area contributed by atoms with Gasteiger partial charge >= 0.3 is 0 Å². The van der Waals surface area contributed by atoms with Gasteiger partial charge in [0.05, 0.1) is 12.7 Å². The van der Waals surface area contributed by atoms with E-state index in [0.717, 1.165) is 18.7 Å². The Bertz CT molecular complexity index is 557. The van der Waals surface area contributed by atoms with E-state index < -0.39 is 0 Å². The Morgan fingerprint density at radius 2 is 2.17 bits per heavy atom. The fourth-order valence-corrected chi connectivity index (χ4v) is 2.94. The summed E-state index contributed by atoms with van der Waals surface area (Å²) in [7, 11) is 0. The predicted molar refractivity (Wildman–Crippen MR) is 96.2 cm³/mol. The highest BCUT2D eigenvalue weighted by Crippen LogP contribution is 2.44. The molecule has 5 nitrogen and oxygen atoms in total. The summed E-state index contributed by atoms with van der Waals surface area (Å²) in [6, 6.07) is 7.80. The first kappa shape index (κ1) is 18.7. The zero-order valence-corrected chi connectivity index (χ0v) is 15.1. The summed E-state index contributed by atoms with van der Waals surface area (Å²) >= 11 is 0. The van der Waals surface area contributed by atoms with Gasteiger partial charge < -0.3 is 20.5 Å². The van der Waals surface area contributed by atoms with E-state index in [2.05, 4.69) is 38.3 Å². The minimum absolute atomic E-state index is 0.0578. The molecule has 1 aromatic carbocycles. The Morgan fingerprint density at radius 1 is 1.42 bits per heavy atom. The molecule has 24 heavy (non-hydrogen) atoms. The molecular formula is C19H30N2O3. The summed E-state index contributed by atoms with van der Waals surface area (Å²) in [5, 5.41) is 15.0. The third-order valence-electron chi connectivity index (χ3n) is 4.67. The highest BCUT2D eigenvalue weighted by molar-refractivity contribution is 5.95. The smallest absolute Gasteiger partial charge is 0.251 e. The van der Waals surface area contributed by atoms with Gasteiger partial charge in [0.1, 0.15) is 0 Å². The van der Waals surface area contributed by atoms with Gasteiger partial charge in [-0.15, -0.1) is 0 Å². The van der Waals surface area contributed by atoms with Crippen molar-refractivity contribution in [2.45, 2.75) is 46.3 Å². The van der Waals surface area contributed by atoms with Gasteiger partial charge in [-0.2, -0.15) is 0 Å². The molecule has 1 aromatic rings. The van der Waals surface area contributed by atoms with Crippen LogP contribution < -0.4 is 10.6 Å². The van der Waals surface area contributed by atoms with E-state index in [0.29, 0.717) is 17.5 Å². The lowest BCUT2D eigenvalue weighted by Gasteiger charge is -2.52. The molecule has 2 atom stereocenters. The molecule has 1 aliphatic carbocycles. The topological polar surface area (TPSA) is 70.6 Å². The van der Waals surface area contributed by atoms with E-state index in [1.807, 2.05) is 18.2 Å². The summed E-state index contributed by atoms with van der Waals surface area (Å²) < 4.78 is 6.00. The second-order valence-electron chi connectivity index (χ2n) is 7.53. The molecule has 0 spiro atoms. The van der Waals surface area contributed by atoms with Crippen molar-refractivity contribution in [3.8, 4) is 0 Å². The van der Waals surface area contributed by atoms with Crippen molar-refractivity contribution in [3.63, 3.8) is 0 Å². The molecule has 1 amide bonds. The molecule has 2 rings (SSSR count). The van der Waals surface area contributed by atoms with Crippen molar-refractivity contribution in [2.75, 3.05) is 25.1 Å². The quantitative estimate of drug-likeness (QED) is 0.683. The zero-order chi connectivity index (χ0) is 17.7. The third-order valence-corrected chi connectivity index (χ3v) is 4.67. The van der Waals surface area contributed by atoms with Gasteiger partial charge in [0, 0.05) is 35.9 Å². The van der Waals surface area contributed by atoms with Crippen LogP contribution in [0.1, 0.15) is 44.5 Å². The van der Waals surface area contributed by atoms with Crippen LogP contribution in [0.5, 0.6) is 0 Å². The second kappa shape index (κ2) is 7.99. The van der Waals surface area contributed by atoms with E-state index in [1.165, 1.54) is 0 Å². The molecule has 0 aliphatic heterocycles. The maximum atomic E-state index is 12.0. The SMILES string of the molecule is CC(C)COC1CC(Nc2cccc(C(=O)NCCO)c2)C1(C)C. The van der Waals surface area contributed by atoms with E-state index in [1.54, 1.807) is 6.07 Å². The van der Waals surface area contributed by atoms with Crippen molar-refractivity contribution >= 4 is 11.6 Å². The number of amides is 1. The summed E-state index contributed by atoms with van der Waals surface area (Å²) in [6.07, 6.45) is 1.24. The highest BCUT2D eigenvalue weighted by Gasteiger charge is 2.49. The van der Waals surface area contributed by atoms with Gasteiger partial charge in [-0.25, -0.2) is 0 Å². The molecule has 134 valence electrons. The highest BCUT2D eigenvalue weighted by atomic mass is 16.5. The number of rotatable bonds is 8. The Balaban J connectivity index is 1.94. The predicted octanol–water partition coefficient (Wildman–Crippen LogP) is 2.66. The van der Waals surface area contributed by atoms with Crippen LogP contribution in [0.15, 0.2) is 24.3 Å². The van der Waals surface area contributed by atoms with Crippen LogP contribution >= 0.6 is 0 Å². The number of carbonyl (C=O) groups excluding carboxylic acids is 1. The summed E-state index contributed by atoms with van der Waals surface area (Å²) in [4.78, 5) is 12.0. The Morgan fingerprint density at radius 3 is 2.79 bits per heavy atom. The van der Waals surface area contributed by atoms with Crippen LogP contribution in [-0.4, -0.2) is 42.9 Å². The van der Waals surface area contributed by atoms with Gasteiger partial charge in [0.2, 0.25) is 0 Å². The van der Waals surface area contributed by atoms with E-state index in [9.17, 15) is 4.79 Å². The Kier molecular flexibility index (Phi) is 6.24. The normalized spacial score (nSPS) is 22.1. The molecule has 1 fully saturated rings. The monoisotopic (exact) mass is 334 g/mol. The van der Waals surface area contributed by atoms with Crippen molar-refractivity contribution in [1.82, 2.24) is 5.32 Å². The molecule has 0 radical (unpaired) electrons. The number of hydrogen-bond donors (Lipinski definition) is 3. The number of ether oxygens (including phenoxy) is 1. The van der Waals surface area contributed by atoms with Crippen LogP contribution in [0.2, 0.25) is 0 Å². The first-order valence-electron chi connectivity index (χ1n) is 8.72. The molecular weight excluding hydrogens is 304 g/mol. The lowest BCUT2D eigenvalue weighted by molar-refractivity contribution is -0.108.